The first kappa shape index (κ1) is 18.2. The Morgan fingerprint density at radius 1 is 1.08 bits per heavy atom. The van der Waals surface area contributed by atoms with Crippen LogP contribution in [0.25, 0.3) is 0 Å². The predicted octanol–water partition coefficient (Wildman–Crippen LogP) is 3.69. The number of nitrogens with one attached hydrogen (secondary N) is 1. The van der Waals surface area contributed by atoms with Crippen molar-refractivity contribution in [3.8, 4) is 0 Å². The molecular formula is C20H27N5O. The molecule has 0 radical (unpaired) electrons. The maximum atomic E-state index is 12.4. The molecule has 1 aliphatic heterocycles. The Morgan fingerprint density at radius 2 is 1.77 bits per heavy atom. The van der Waals surface area contributed by atoms with Crippen molar-refractivity contribution in [2.75, 3.05) is 36.4 Å². The number of benzene rings is 1. The lowest BCUT2D eigenvalue weighted by Crippen LogP contribution is -2.31. The molecule has 1 saturated heterocycles. The zero-order valence-electron chi connectivity index (χ0n) is 15.6. The van der Waals surface area contributed by atoms with Crippen LogP contribution in [0.5, 0.6) is 0 Å². The Morgan fingerprint density at radius 3 is 2.42 bits per heavy atom. The molecule has 0 bridgehead atoms. The van der Waals surface area contributed by atoms with Gasteiger partial charge in [0.1, 0.15) is 17.8 Å². The monoisotopic (exact) mass is 353 g/mol. The van der Waals surface area contributed by atoms with Crippen LogP contribution in [-0.2, 0) is 0 Å². The van der Waals surface area contributed by atoms with E-state index in [1.165, 1.54) is 31.3 Å². The van der Waals surface area contributed by atoms with Crippen molar-refractivity contribution in [2.45, 2.75) is 33.1 Å². The van der Waals surface area contributed by atoms with Gasteiger partial charge in [0, 0.05) is 43.6 Å². The van der Waals surface area contributed by atoms with E-state index >= 15 is 0 Å². The van der Waals surface area contributed by atoms with Gasteiger partial charge in [-0.1, -0.05) is 0 Å². The second-order valence-corrected chi connectivity index (χ2v) is 6.49. The summed E-state index contributed by atoms with van der Waals surface area (Å²) in [5, 5.41) is 3.26. The van der Waals surface area contributed by atoms with Gasteiger partial charge in [-0.15, -0.1) is 0 Å². The quantitative estimate of drug-likeness (QED) is 0.858. The van der Waals surface area contributed by atoms with E-state index in [-0.39, 0.29) is 5.91 Å². The second-order valence-electron chi connectivity index (χ2n) is 6.49. The molecule has 1 N–H and O–H groups in total. The summed E-state index contributed by atoms with van der Waals surface area (Å²) >= 11 is 0. The molecule has 0 spiro atoms. The van der Waals surface area contributed by atoms with Gasteiger partial charge in [0.2, 0.25) is 0 Å². The molecule has 6 nitrogen and oxygen atoms in total. The number of anilines is 3. The van der Waals surface area contributed by atoms with Gasteiger partial charge in [-0.3, -0.25) is 4.79 Å². The molecule has 0 atom stereocenters. The fourth-order valence-corrected chi connectivity index (χ4v) is 3.27. The Bertz CT molecular complexity index is 721. The summed E-state index contributed by atoms with van der Waals surface area (Å²) < 4.78 is 0. The van der Waals surface area contributed by atoms with E-state index in [1.54, 1.807) is 11.0 Å². The molecule has 138 valence electrons. The van der Waals surface area contributed by atoms with E-state index in [0.717, 1.165) is 18.8 Å². The van der Waals surface area contributed by atoms with Crippen LogP contribution in [0.4, 0.5) is 17.2 Å². The molecule has 0 aliphatic carbocycles. The van der Waals surface area contributed by atoms with Gasteiger partial charge >= 0.3 is 0 Å². The van der Waals surface area contributed by atoms with Crippen molar-refractivity contribution in [3.05, 3.63) is 42.4 Å². The summed E-state index contributed by atoms with van der Waals surface area (Å²) in [5.74, 6) is 0.558. The van der Waals surface area contributed by atoms with Gasteiger partial charge in [-0.2, -0.15) is 0 Å². The number of carbonyl (C=O) groups excluding carboxylic acids is 1. The molecule has 1 aromatic carbocycles. The molecule has 0 saturated carbocycles. The second kappa shape index (κ2) is 8.65. The Labute approximate surface area is 155 Å². The molecule has 1 aliphatic rings. The van der Waals surface area contributed by atoms with Crippen LogP contribution in [0.3, 0.4) is 0 Å². The van der Waals surface area contributed by atoms with E-state index in [0.29, 0.717) is 24.6 Å². The maximum Gasteiger partial charge on any atom is 0.272 e. The van der Waals surface area contributed by atoms with Crippen LogP contribution in [0.2, 0.25) is 0 Å². The highest BCUT2D eigenvalue weighted by Gasteiger charge is 2.15. The molecule has 1 fully saturated rings. The lowest BCUT2D eigenvalue weighted by molar-refractivity contribution is 0.0767. The number of nitrogens with zero attached hydrogens (tertiary/aromatic N) is 4. The number of rotatable bonds is 6. The van der Waals surface area contributed by atoms with E-state index in [2.05, 4.69) is 44.5 Å². The summed E-state index contributed by atoms with van der Waals surface area (Å²) in [5.41, 5.74) is 2.62. The topological polar surface area (TPSA) is 61.4 Å². The third-order valence-corrected chi connectivity index (χ3v) is 4.80. The van der Waals surface area contributed by atoms with Crippen molar-refractivity contribution in [3.63, 3.8) is 0 Å². The van der Waals surface area contributed by atoms with E-state index in [9.17, 15) is 4.79 Å². The van der Waals surface area contributed by atoms with Crippen LogP contribution in [-0.4, -0.2) is 47.0 Å². The standard InChI is InChI=1S/C20H27N5O/c1-3-24(4-2)20(26)18-14-19(22-15-21-18)23-16-8-10-17(11-9-16)25-12-6-5-7-13-25/h8-11,14-15H,3-7,12-13H2,1-2H3,(H,21,22,23). The lowest BCUT2D eigenvalue weighted by Gasteiger charge is -2.28. The zero-order valence-corrected chi connectivity index (χ0v) is 15.6. The molecule has 3 rings (SSSR count). The summed E-state index contributed by atoms with van der Waals surface area (Å²) in [6, 6.07) is 10.1. The molecule has 2 aromatic rings. The molecule has 1 aromatic heterocycles. The van der Waals surface area contributed by atoms with Gasteiger partial charge in [0.05, 0.1) is 0 Å². The van der Waals surface area contributed by atoms with Gasteiger partial charge in [0.15, 0.2) is 0 Å². The summed E-state index contributed by atoms with van der Waals surface area (Å²) in [7, 11) is 0. The predicted molar refractivity (Wildman–Crippen MR) is 105 cm³/mol. The molecule has 0 unspecified atom stereocenters. The highest BCUT2D eigenvalue weighted by molar-refractivity contribution is 5.93. The largest absolute Gasteiger partial charge is 0.372 e. The van der Waals surface area contributed by atoms with Crippen LogP contribution in [0.1, 0.15) is 43.6 Å². The van der Waals surface area contributed by atoms with Crippen molar-refractivity contribution in [2.24, 2.45) is 0 Å². The number of hydrogen-bond acceptors (Lipinski definition) is 5. The Kier molecular flexibility index (Phi) is 6.04. The molecule has 2 heterocycles. The fourth-order valence-electron chi connectivity index (χ4n) is 3.27. The van der Waals surface area contributed by atoms with Gasteiger partial charge in [-0.25, -0.2) is 9.97 Å². The molecule has 26 heavy (non-hydrogen) atoms. The van der Waals surface area contributed by atoms with Crippen molar-refractivity contribution >= 4 is 23.1 Å². The first-order valence-electron chi connectivity index (χ1n) is 9.44. The average Bonchev–Trinajstić information content (AvgIpc) is 2.70. The molecular weight excluding hydrogens is 326 g/mol. The van der Waals surface area contributed by atoms with Gasteiger partial charge in [0.25, 0.3) is 5.91 Å². The third kappa shape index (κ3) is 4.31. The SMILES string of the molecule is CCN(CC)C(=O)c1cc(Nc2ccc(N3CCCCC3)cc2)ncn1. The minimum absolute atomic E-state index is 0.0686. The molecule has 1 amide bonds. The summed E-state index contributed by atoms with van der Waals surface area (Å²) in [4.78, 5) is 25.0. The van der Waals surface area contributed by atoms with Gasteiger partial charge < -0.3 is 15.1 Å². The normalized spacial score (nSPS) is 14.2. The number of aromatic nitrogens is 2. The van der Waals surface area contributed by atoms with Crippen LogP contribution in [0.15, 0.2) is 36.7 Å². The van der Waals surface area contributed by atoms with Crippen LogP contribution >= 0.6 is 0 Å². The number of piperidine rings is 1. The van der Waals surface area contributed by atoms with E-state index < -0.39 is 0 Å². The fraction of sp³-hybridized carbons (Fsp3) is 0.450. The zero-order chi connectivity index (χ0) is 18.4. The highest BCUT2D eigenvalue weighted by Crippen LogP contribution is 2.23. The van der Waals surface area contributed by atoms with E-state index in [1.807, 2.05) is 13.8 Å². The average molecular weight is 353 g/mol. The highest BCUT2D eigenvalue weighted by atomic mass is 16.2. The summed E-state index contributed by atoms with van der Waals surface area (Å²) in [6.07, 6.45) is 5.30. The first-order chi connectivity index (χ1) is 12.7. The molecule has 6 heteroatoms. The smallest absolute Gasteiger partial charge is 0.272 e. The Balaban J connectivity index is 1.69. The Hall–Kier alpha value is -2.63. The van der Waals surface area contributed by atoms with Crippen molar-refractivity contribution < 1.29 is 4.79 Å². The summed E-state index contributed by atoms with van der Waals surface area (Å²) in [6.45, 7) is 7.53. The maximum absolute atomic E-state index is 12.4. The van der Waals surface area contributed by atoms with Crippen LogP contribution in [0, 0.1) is 0 Å². The van der Waals surface area contributed by atoms with E-state index in [4.69, 9.17) is 0 Å². The van der Waals surface area contributed by atoms with Crippen molar-refractivity contribution in [1.82, 2.24) is 14.9 Å². The van der Waals surface area contributed by atoms with Crippen molar-refractivity contribution in [1.29, 1.82) is 0 Å². The number of amides is 1. The third-order valence-electron chi connectivity index (χ3n) is 4.80. The first-order valence-corrected chi connectivity index (χ1v) is 9.44. The number of hydrogen-bond donors (Lipinski definition) is 1. The van der Waals surface area contributed by atoms with Crippen LogP contribution < -0.4 is 10.2 Å². The number of carbonyl (C=O) groups is 1. The lowest BCUT2D eigenvalue weighted by atomic mass is 10.1. The van der Waals surface area contributed by atoms with Gasteiger partial charge in [-0.05, 0) is 57.4 Å². The minimum atomic E-state index is -0.0686. The minimum Gasteiger partial charge on any atom is -0.372 e.